The van der Waals surface area contributed by atoms with Crippen LogP contribution in [0, 0.1) is 0 Å². The smallest absolute Gasteiger partial charge is 0.0733 e. The Kier molecular flexibility index (Phi) is 4.35. The van der Waals surface area contributed by atoms with E-state index in [-0.39, 0.29) is 0 Å². The van der Waals surface area contributed by atoms with E-state index in [1.54, 1.807) is 5.01 Å². The van der Waals surface area contributed by atoms with Crippen LogP contribution in [-0.4, -0.2) is 0 Å². The summed E-state index contributed by atoms with van der Waals surface area (Å²) in [4.78, 5) is 0. The first-order valence-corrected chi connectivity index (χ1v) is 9.68. The van der Waals surface area contributed by atoms with E-state index in [4.69, 9.17) is 5.84 Å². The molecule has 0 fully saturated rings. The molecule has 0 aliphatic heterocycles. The van der Waals surface area contributed by atoms with Crippen LogP contribution >= 0.6 is 0 Å². The highest BCUT2D eigenvalue weighted by atomic mass is 15.4. The lowest BCUT2D eigenvalue weighted by atomic mass is 9.97. The molecule has 0 unspecified atom stereocenters. The molecule has 0 atom stereocenters. The van der Waals surface area contributed by atoms with Crippen LogP contribution in [0.4, 0.5) is 22.7 Å². The summed E-state index contributed by atoms with van der Waals surface area (Å²) in [6.45, 7) is 0. The van der Waals surface area contributed by atoms with Gasteiger partial charge in [-0.15, -0.1) is 0 Å². The van der Waals surface area contributed by atoms with Gasteiger partial charge < -0.3 is 5.32 Å². The molecule has 0 heterocycles. The maximum Gasteiger partial charge on any atom is 0.0733 e. The standard InChI is InChI=1S/C26H21N3/c27-29(20-13-5-2-6-14-20)26-23-17-9-7-15-21(23)25(22-16-8-10-18-24(22)26)28-19-11-3-1-4-12-19/h1-18,28H,27H2. The lowest BCUT2D eigenvalue weighted by Crippen LogP contribution is -2.25. The van der Waals surface area contributed by atoms with Gasteiger partial charge in [-0.1, -0.05) is 84.9 Å². The molecule has 5 aromatic carbocycles. The normalized spacial score (nSPS) is 10.9. The third kappa shape index (κ3) is 3.08. The van der Waals surface area contributed by atoms with Crippen LogP contribution < -0.4 is 16.2 Å². The van der Waals surface area contributed by atoms with Crippen molar-refractivity contribution >= 4 is 44.3 Å². The second-order valence-corrected chi connectivity index (χ2v) is 7.01. The van der Waals surface area contributed by atoms with E-state index < -0.39 is 0 Å². The summed E-state index contributed by atoms with van der Waals surface area (Å²) < 4.78 is 0. The number of nitrogens with two attached hydrogens (primary N) is 1. The molecule has 3 nitrogen and oxygen atoms in total. The Labute approximate surface area is 170 Å². The van der Waals surface area contributed by atoms with Crippen molar-refractivity contribution in [1.82, 2.24) is 0 Å². The van der Waals surface area contributed by atoms with Crippen LogP contribution in [0.15, 0.2) is 109 Å². The molecule has 140 valence electrons. The minimum absolute atomic E-state index is 0.951. The first-order chi connectivity index (χ1) is 14.3. The van der Waals surface area contributed by atoms with Crippen LogP contribution in [0.1, 0.15) is 0 Å². The van der Waals surface area contributed by atoms with Gasteiger partial charge in [0, 0.05) is 27.2 Å². The predicted molar refractivity (Wildman–Crippen MR) is 124 cm³/mol. The molecule has 3 heteroatoms. The Hall–Kier alpha value is -3.82. The summed E-state index contributed by atoms with van der Waals surface area (Å²) in [6, 6.07) is 37.2. The zero-order valence-corrected chi connectivity index (χ0v) is 15.9. The maximum atomic E-state index is 6.66. The Morgan fingerprint density at radius 1 is 0.517 bits per heavy atom. The topological polar surface area (TPSA) is 41.3 Å². The fourth-order valence-electron chi connectivity index (χ4n) is 3.88. The zero-order chi connectivity index (χ0) is 19.6. The highest BCUT2D eigenvalue weighted by molar-refractivity contribution is 6.21. The minimum Gasteiger partial charge on any atom is -0.355 e. The molecule has 3 N–H and O–H groups in total. The van der Waals surface area contributed by atoms with E-state index in [0.717, 1.165) is 44.3 Å². The molecule has 5 rings (SSSR count). The van der Waals surface area contributed by atoms with Gasteiger partial charge in [0.15, 0.2) is 0 Å². The van der Waals surface area contributed by atoms with Crippen molar-refractivity contribution in [2.24, 2.45) is 5.84 Å². The molecule has 0 radical (unpaired) electrons. The van der Waals surface area contributed by atoms with Gasteiger partial charge in [-0.25, -0.2) is 5.84 Å². The number of fused-ring (bicyclic) bond motifs is 2. The van der Waals surface area contributed by atoms with Gasteiger partial charge in [0.05, 0.1) is 17.1 Å². The van der Waals surface area contributed by atoms with Crippen molar-refractivity contribution in [3.63, 3.8) is 0 Å². The number of para-hydroxylation sites is 2. The lowest BCUT2D eigenvalue weighted by Gasteiger charge is -2.25. The average molecular weight is 375 g/mol. The Morgan fingerprint density at radius 3 is 1.52 bits per heavy atom. The fourth-order valence-corrected chi connectivity index (χ4v) is 3.88. The van der Waals surface area contributed by atoms with Crippen molar-refractivity contribution in [1.29, 1.82) is 0 Å². The monoisotopic (exact) mass is 375 g/mol. The third-order valence-corrected chi connectivity index (χ3v) is 5.22. The quantitative estimate of drug-likeness (QED) is 0.158. The second kappa shape index (κ2) is 7.30. The van der Waals surface area contributed by atoms with E-state index in [0.29, 0.717) is 0 Å². The van der Waals surface area contributed by atoms with Gasteiger partial charge in [-0.3, -0.25) is 5.01 Å². The van der Waals surface area contributed by atoms with E-state index in [2.05, 4.69) is 66.0 Å². The molecular formula is C26H21N3. The number of nitrogens with one attached hydrogen (secondary N) is 1. The largest absolute Gasteiger partial charge is 0.355 e. The number of hydrazine groups is 1. The van der Waals surface area contributed by atoms with E-state index in [9.17, 15) is 0 Å². The summed E-state index contributed by atoms with van der Waals surface area (Å²) in [7, 11) is 0. The van der Waals surface area contributed by atoms with Crippen LogP contribution in [0.5, 0.6) is 0 Å². The van der Waals surface area contributed by atoms with E-state index >= 15 is 0 Å². The average Bonchev–Trinajstić information content (AvgIpc) is 2.80. The number of anilines is 4. The molecule has 0 aliphatic rings. The van der Waals surface area contributed by atoms with Crippen molar-refractivity contribution in [2.45, 2.75) is 0 Å². The maximum absolute atomic E-state index is 6.66. The third-order valence-electron chi connectivity index (χ3n) is 5.22. The highest BCUT2D eigenvalue weighted by Crippen LogP contribution is 2.43. The van der Waals surface area contributed by atoms with Crippen molar-refractivity contribution in [2.75, 3.05) is 10.3 Å². The van der Waals surface area contributed by atoms with Crippen LogP contribution in [0.3, 0.4) is 0 Å². The predicted octanol–water partition coefficient (Wildman–Crippen LogP) is 6.75. The minimum atomic E-state index is 0.951. The summed E-state index contributed by atoms with van der Waals surface area (Å²) in [5.74, 6) is 6.66. The van der Waals surface area contributed by atoms with Crippen LogP contribution in [-0.2, 0) is 0 Å². The fraction of sp³-hybridized carbons (Fsp3) is 0. The lowest BCUT2D eigenvalue weighted by molar-refractivity contribution is 1.10. The number of rotatable bonds is 4. The molecule has 0 aromatic heterocycles. The van der Waals surface area contributed by atoms with Gasteiger partial charge in [-0.05, 0) is 24.3 Å². The molecule has 0 amide bonds. The summed E-state index contributed by atoms with van der Waals surface area (Å²) in [6.07, 6.45) is 0. The molecule has 0 saturated carbocycles. The molecule has 5 aromatic rings. The number of hydrogen-bond donors (Lipinski definition) is 2. The number of nitrogens with zero attached hydrogens (tertiary/aromatic N) is 1. The van der Waals surface area contributed by atoms with Gasteiger partial charge in [0.2, 0.25) is 0 Å². The summed E-state index contributed by atoms with van der Waals surface area (Å²) in [5.41, 5.74) is 4.10. The van der Waals surface area contributed by atoms with Gasteiger partial charge in [-0.2, -0.15) is 0 Å². The van der Waals surface area contributed by atoms with Crippen LogP contribution in [0.25, 0.3) is 21.5 Å². The van der Waals surface area contributed by atoms with E-state index in [1.807, 2.05) is 48.5 Å². The van der Waals surface area contributed by atoms with Gasteiger partial charge in [0.1, 0.15) is 0 Å². The Bertz CT molecular complexity index is 1220. The number of hydrogen-bond acceptors (Lipinski definition) is 3. The highest BCUT2D eigenvalue weighted by Gasteiger charge is 2.17. The molecule has 0 aliphatic carbocycles. The van der Waals surface area contributed by atoms with Crippen molar-refractivity contribution in [3.8, 4) is 0 Å². The number of benzene rings is 5. The molecule has 0 bridgehead atoms. The summed E-state index contributed by atoms with van der Waals surface area (Å²) >= 11 is 0. The SMILES string of the molecule is NN(c1ccccc1)c1c2ccccc2c(Nc2ccccc2)c2ccccc12. The van der Waals surface area contributed by atoms with Crippen LogP contribution in [0.2, 0.25) is 0 Å². The molecule has 0 saturated heterocycles. The second-order valence-electron chi connectivity index (χ2n) is 7.01. The van der Waals surface area contributed by atoms with Gasteiger partial charge >= 0.3 is 0 Å². The summed E-state index contributed by atoms with van der Waals surface area (Å²) in [5, 5.41) is 9.91. The molecule has 0 spiro atoms. The molecule has 29 heavy (non-hydrogen) atoms. The zero-order valence-electron chi connectivity index (χ0n) is 15.9. The van der Waals surface area contributed by atoms with E-state index in [1.165, 1.54) is 0 Å². The van der Waals surface area contributed by atoms with Crippen molar-refractivity contribution < 1.29 is 0 Å². The molecular weight excluding hydrogens is 354 g/mol. The van der Waals surface area contributed by atoms with Gasteiger partial charge in [0.25, 0.3) is 0 Å². The Balaban J connectivity index is 1.82. The van der Waals surface area contributed by atoms with Crippen molar-refractivity contribution in [3.05, 3.63) is 109 Å². The Morgan fingerprint density at radius 2 is 0.966 bits per heavy atom. The first-order valence-electron chi connectivity index (χ1n) is 9.68. The first kappa shape index (κ1) is 17.3.